The van der Waals surface area contributed by atoms with Crippen LogP contribution in [0.4, 0.5) is 13.2 Å². The minimum Gasteiger partial charge on any atom is -0.356 e. The van der Waals surface area contributed by atoms with Crippen LogP contribution in [0.2, 0.25) is 0 Å². The summed E-state index contributed by atoms with van der Waals surface area (Å²) < 4.78 is 44.0. The van der Waals surface area contributed by atoms with Gasteiger partial charge in [-0.2, -0.15) is 13.2 Å². The molecular formula is C23H21F3N2OS. The number of nitrogens with zero attached hydrogens (tertiary/aromatic N) is 2. The van der Waals surface area contributed by atoms with Gasteiger partial charge in [0.2, 0.25) is 0 Å². The van der Waals surface area contributed by atoms with Crippen LogP contribution < -0.4 is 0 Å². The van der Waals surface area contributed by atoms with Gasteiger partial charge in [0.15, 0.2) is 5.58 Å². The first kappa shape index (κ1) is 20.6. The molecule has 2 aromatic heterocycles. The Morgan fingerprint density at radius 1 is 1.03 bits per heavy atom. The second-order valence-electron chi connectivity index (χ2n) is 7.69. The fourth-order valence-electron chi connectivity index (χ4n) is 3.43. The van der Waals surface area contributed by atoms with E-state index in [0.717, 1.165) is 56.4 Å². The molecule has 0 aliphatic heterocycles. The Morgan fingerprint density at radius 3 is 2.43 bits per heavy atom. The van der Waals surface area contributed by atoms with Crippen molar-refractivity contribution in [3.8, 4) is 10.6 Å². The lowest BCUT2D eigenvalue weighted by Crippen LogP contribution is -2.03. The van der Waals surface area contributed by atoms with Gasteiger partial charge in [0.1, 0.15) is 5.01 Å². The van der Waals surface area contributed by atoms with Crippen LogP contribution in [0.25, 0.3) is 21.5 Å². The van der Waals surface area contributed by atoms with Crippen molar-refractivity contribution in [1.82, 2.24) is 10.1 Å². The Balaban J connectivity index is 1.59. The van der Waals surface area contributed by atoms with Crippen molar-refractivity contribution >= 4 is 22.3 Å². The van der Waals surface area contributed by atoms with Crippen molar-refractivity contribution in [2.24, 2.45) is 0 Å². The van der Waals surface area contributed by atoms with Crippen LogP contribution in [-0.2, 0) is 19.0 Å². The molecule has 2 aromatic carbocycles. The summed E-state index contributed by atoms with van der Waals surface area (Å²) in [5.41, 5.74) is 3.84. The smallest absolute Gasteiger partial charge is 0.356 e. The predicted molar refractivity (Wildman–Crippen MR) is 113 cm³/mol. The molecule has 0 saturated carbocycles. The average molecular weight is 430 g/mol. The highest BCUT2D eigenvalue weighted by Gasteiger charge is 2.30. The number of alkyl halides is 3. The maximum atomic E-state index is 12.8. The molecule has 0 N–H and O–H groups in total. The second kappa shape index (κ2) is 7.87. The minimum atomic E-state index is -4.34. The predicted octanol–water partition coefficient (Wildman–Crippen LogP) is 7.19. The molecule has 0 spiro atoms. The molecule has 4 rings (SSSR count). The van der Waals surface area contributed by atoms with E-state index in [1.54, 1.807) is 0 Å². The van der Waals surface area contributed by atoms with Gasteiger partial charge in [-0.05, 0) is 55.5 Å². The lowest BCUT2D eigenvalue weighted by molar-refractivity contribution is -0.137. The normalized spacial score (nSPS) is 12.2. The Kier molecular flexibility index (Phi) is 5.40. The van der Waals surface area contributed by atoms with Crippen LogP contribution in [-0.4, -0.2) is 10.1 Å². The van der Waals surface area contributed by atoms with Crippen molar-refractivity contribution in [3.63, 3.8) is 0 Å². The fourth-order valence-corrected chi connectivity index (χ4v) is 4.65. The summed E-state index contributed by atoms with van der Waals surface area (Å²) in [5.74, 6) is 0.219. The van der Waals surface area contributed by atoms with E-state index in [9.17, 15) is 13.2 Å². The summed E-state index contributed by atoms with van der Waals surface area (Å²) in [7, 11) is 0. The van der Waals surface area contributed by atoms with E-state index < -0.39 is 11.7 Å². The van der Waals surface area contributed by atoms with E-state index in [1.165, 1.54) is 23.5 Å². The molecule has 0 fully saturated rings. The number of hydrogen-bond acceptors (Lipinski definition) is 4. The highest BCUT2D eigenvalue weighted by atomic mass is 32.1. The van der Waals surface area contributed by atoms with Gasteiger partial charge < -0.3 is 4.52 Å². The van der Waals surface area contributed by atoms with E-state index in [1.807, 2.05) is 25.1 Å². The molecule has 0 bridgehead atoms. The van der Waals surface area contributed by atoms with Gasteiger partial charge in [-0.1, -0.05) is 37.2 Å². The van der Waals surface area contributed by atoms with E-state index in [4.69, 9.17) is 9.51 Å². The number of benzene rings is 2. The zero-order valence-electron chi connectivity index (χ0n) is 16.9. The van der Waals surface area contributed by atoms with Crippen LogP contribution in [0.1, 0.15) is 47.2 Å². The molecule has 4 aromatic rings. The average Bonchev–Trinajstić information content (AvgIpc) is 3.29. The molecule has 0 amide bonds. The van der Waals surface area contributed by atoms with Crippen LogP contribution in [0, 0.1) is 6.92 Å². The second-order valence-corrected chi connectivity index (χ2v) is 8.77. The lowest BCUT2D eigenvalue weighted by atomic mass is 10.0. The quantitative estimate of drug-likeness (QED) is 0.336. The van der Waals surface area contributed by atoms with E-state index in [-0.39, 0.29) is 5.92 Å². The van der Waals surface area contributed by atoms with Crippen molar-refractivity contribution in [2.45, 2.75) is 45.7 Å². The summed E-state index contributed by atoms with van der Waals surface area (Å²) in [6, 6.07) is 11.2. The van der Waals surface area contributed by atoms with Crippen molar-refractivity contribution in [3.05, 3.63) is 69.9 Å². The Labute approximate surface area is 176 Å². The van der Waals surface area contributed by atoms with Gasteiger partial charge >= 0.3 is 6.18 Å². The van der Waals surface area contributed by atoms with Gasteiger partial charge in [0, 0.05) is 15.8 Å². The SMILES string of the molecule is Cc1ccc2c(CCc3sc(-c4ccc(C(F)(F)F)cc4)nc3C(C)C)noc2c1. The molecule has 0 radical (unpaired) electrons. The third kappa shape index (κ3) is 4.12. The molecule has 0 aliphatic rings. The molecule has 3 nitrogen and oxygen atoms in total. The minimum absolute atomic E-state index is 0.219. The van der Waals surface area contributed by atoms with Gasteiger partial charge in [-0.25, -0.2) is 4.98 Å². The van der Waals surface area contributed by atoms with Crippen LogP contribution in [0.3, 0.4) is 0 Å². The molecule has 156 valence electrons. The lowest BCUT2D eigenvalue weighted by Gasteiger charge is -2.06. The van der Waals surface area contributed by atoms with E-state index in [0.29, 0.717) is 12.0 Å². The third-order valence-electron chi connectivity index (χ3n) is 5.02. The first-order valence-electron chi connectivity index (χ1n) is 9.74. The summed E-state index contributed by atoms with van der Waals surface area (Å²) in [5, 5.41) is 5.98. The molecule has 30 heavy (non-hydrogen) atoms. The maximum Gasteiger partial charge on any atom is 0.416 e. The number of fused-ring (bicyclic) bond motifs is 1. The molecule has 7 heteroatoms. The maximum absolute atomic E-state index is 12.8. The molecule has 2 heterocycles. The van der Waals surface area contributed by atoms with Crippen molar-refractivity contribution < 1.29 is 17.7 Å². The summed E-state index contributed by atoms with van der Waals surface area (Å²) in [6.45, 7) is 6.16. The zero-order chi connectivity index (χ0) is 21.5. The van der Waals surface area contributed by atoms with Crippen LogP contribution in [0.15, 0.2) is 47.0 Å². The van der Waals surface area contributed by atoms with Crippen molar-refractivity contribution in [1.29, 1.82) is 0 Å². The summed E-state index contributed by atoms with van der Waals surface area (Å²) in [4.78, 5) is 5.87. The first-order valence-corrected chi connectivity index (χ1v) is 10.6. The molecular weight excluding hydrogens is 409 g/mol. The van der Waals surface area contributed by atoms with Crippen molar-refractivity contribution in [2.75, 3.05) is 0 Å². The highest BCUT2D eigenvalue weighted by Crippen LogP contribution is 2.35. The Bertz CT molecular complexity index is 1170. The highest BCUT2D eigenvalue weighted by molar-refractivity contribution is 7.15. The molecule has 0 saturated heterocycles. The molecule has 0 aliphatic carbocycles. The Morgan fingerprint density at radius 2 is 1.77 bits per heavy atom. The number of aryl methyl sites for hydroxylation is 3. The number of aromatic nitrogens is 2. The number of hydrogen-bond donors (Lipinski definition) is 0. The number of thiazole rings is 1. The fraction of sp³-hybridized carbons (Fsp3) is 0.304. The van der Waals surface area contributed by atoms with Gasteiger partial charge in [0.25, 0.3) is 0 Å². The van der Waals surface area contributed by atoms with Gasteiger partial charge in [-0.3, -0.25) is 0 Å². The summed E-state index contributed by atoms with van der Waals surface area (Å²) in [6.07, 6.45) is -2.87. The van der Waals surface area contributed by atoms with Gasteiger partial charge in [0.05, 0.1) is 17.0 Å². The molecule has 0 atom stereocenters. The van der Waals surface area contributed by atoms with Crippen LogP contribution in [0.5, 0.6) is 0 Å². The first-order chi connectivity index (χ1) is 14.2. The number of rotatable bonds is 5. The third-order valence-corrected chi connectivity index (χ3v) is 6.20. The zero-order valence-corrected chi connectivity index (χ0v) is 17.7. The Hall–Kier alpha value is -2.67. The summed E-state index contributed by atoms with van der Waals surface area (Å²) >= 11 is 1.53. The largest absolute Gasteiger partial charge is 0.416 e. The van der Waals surface area contributed by atoms with E-state index in [2.05, 4.69) is 19.0 Å². The standard InChI is InChI=1S/C23H21F3N2OS/c1-13(2)21-20(11-10-18-17-9-4-14(3)12-19(17)29-28-18)30-22(27-21)15-5-7-16(8-6-15)23(24,25)26/h4-9,12-13H,10-11H2,1-3H3. The van der Waals surface area contributed by atoms with Crippen LogP contribution >= 0.6 is 11.3 Å². The van der Waals surface area contributed by atoms with E-state index >= 15 is 0 Å². The number of halogens is 3. The van der Waals surface area contributed by atoms with Gasteiger partial charge in [-0.15, -0.1) is 11.3 Å². The monoisotopic (exact) mass is 430 g/mol. The topological polar surface area (TPSA) is 38.9 Å². The molecule has 0 unspecified atom stereocenters.